The van der Waals surface area contributed by atoms with Gasteiger partial charge < -0.3 is 19.9 Å². The monoisotopic (exact) mass is 377 g/mol. The van der Waals surface area contributed by atoms with E-state index in [0.29, 0.717) is 30.5 Å². The van der Waals surface area contributed by atoms with Crippen LogP contribution in [0, 0.1) is 5.92 Å². The van der Waals surface area contributed by atoms with Crippen molar-refractivity contribution in [3.05, 3.63) is 17.2 Å². The number of rotatable bonds is 7. The fourth-order valence-electron chi connectivity index (χ4n) is 3.51. The largest absolute Gasteiger partial charge is 0.379 e. The molecule has 2 amide bonds. The number of nitrogens with one attached hydrogen (secondary N) is 2. The average molecular weight is 377 g/mol. The fourth-order valence-corrected chi connectivity index (χ4v) is 3.51. The van der Waals surface area contributed by atoms with Gasteiger partial charge >= 0.3 is 0 Å². The van der Waals surface area contributed by atoms with Gasteiger partial charge in [-0.15, -0.1) is 0 Å². The number of hydrogen-bond acceptors (Lipinski definition) is 5. The lowest BCUT2D eigenvalue weighted by Gasteiger charge is -2.26. The van der Waals surface area contributed by atoms with Gasteiger partial charge in [0, 0.05) is 39.3 Å². The predicted molar refractivity (Wildman–Crippen MR) is 102 cm³/mol. The molecule has 1 aromatic rings. The van der Waals surface area contributed by atoms with E-state index in [2.05, 4.69) is 34.4 Å². The Kier molecular flexibility index (Phi) is 6.84. The number of hydrogen-bond donors (Lipinski definition) is 2. The summed E-state index contributed by atoms with van der Waals surface area (Å²) in [6, 6.07) is 0. The zero-order valence-corrected chi connectivity index (χ0v) is 16.4. The number of nitrogens with zero attached hydrogens (tertiary/aromatic N) is 3. The van der Waals surface area contributed by atoms with Crippen molar-refractivity contribution in [1.82, 2.24) is 25.1 Å². The maximum atomic E-state index is 12.7. The van der Waals surface area contributed by atoms with Crippen LogP contribution in [0.25, 0.3) is 0 Å². The first-order chi connectivity index (χ1) is 13.1. The Hall–Kier alpha value is -1.93. The molecule has 0 aliphatic carbocycles. The number of fused-ring (bicyclic) bond motifs is 1. The van der Waals surface area contributed by atoms with Crippen LogP contribution in [0.5, 0.6) is 0 Å². The van der Waals surface area contributed by atoms with E-state index in [-0.39, 0.29) is 11.8 Å². The number of amides is 2. The molecule has 3 heterocycles. The maximum Gasteiger partial charge on any atom is 0.287 e. The molecule has 150 valence electrons. The molecule has 1 fully saturated rings. The summed E-state index contributed by atoms with van der Waals surface area (Å²) in [5, 5.41) is 5.88. The zero-order chi connectivity index (χ0) is 19.2. The van der Waals surface area contributed by atoms with Crippen molar-refractivity contribution < 1.29 is 14.3 Å². The molecule has 0 atom stereocenters. The molecule has 8 nitrogen and oxygen atoms in total. The van der Waals surface area contributed by atoms with Gasteiger partial charge in [0.15, 0.2) is 5.82 Å². The van der Waals surface area contributed by atoms with Crippen molar-refractivity contribution in [2.45, 2.75) is 39.7 Å². The maximum absolute atomic E-state index is 12.7. The average Bonchev–Trinajstić information content (AvgIpc) is 3.07. The van der Waals surface area contributed by atoms with E-state index < -0.39 is 0 Å². The standard InChI is InChI=1S/C19H31N5O3/c1-14(2)13-21-18(25)16-15-5-3-4-7-24(15)17(22-16)19(26)20-6-8-23-9-11-27-12-10-23/h14H,3-13H2,1-2H3,(H,20,26)(H,21,25). The van der Waals surface area contributed by atoms with E-state index in [1.807, 2.05) is 4.57 Å². The van der Waals surface area contributed by atoms with Crippen LogP contribution in [-0.4, -0.2) is 72.2 Å². The second kappa shape index (κ2) is 9.32. The Bertz CT molecular complexity index is 665. The summed E-state index contributed by atoms with van der Waals surface area (Å²) in [5.74, 6) is 0.354. The summed E-state index contributed by atoms with van der Waals surface area (Å²) < 4.78 is 7.27. The molecule has 8 heteroatoms. The molecule has 0 radical (unpaired) electrons. The third-order valence-electron chi connectivity index (χ3n) is 5.02. The van der Waals surface area contributed by atoms with Crippen LogP contribution in [0.2, 0.25) is 0 Å². The van der Waals surface area contributed by atoms with E-state index >= 15 is 0 Å². The summed E-state index contributed by atoms with van der Waals surface area (Å²) >= 11 is 0. The van der Waals surface area contributed by atoms with Crippen molar-refractivity contribution in [3.63, 3.8) is 0 Å². The van der Waals surface area contributed by atoms with Crippen LogP contribution in [0.15, 0.2) is 0 Å². The van der Waals surface area contributed by atoms with Crippen LogP contribution in [-0.2, 0) is 17.7 Å². The Labute approximate surface area is 160 Å². The van der Waals surface area contributed by atoms with Crippen molar-refractivity contribution >= 4 is 11.8 Å². The zero-order valence-electron chi connectivity index (χ0n) is 16.4. The lowest BCUT2D eigenvalue weighted by atomic mass is 10.1. The van der Waals surface area contributed by atoms with E-state index in [1.54, 1.807) is 0 Å². The summed E-state index contributed by atoms with van der Waals surface area (Å²) in [6.45, 7) is 10.1. The number of carbonyl (C=O) groups is 2. The highest BCUT2D eigenvalue weighted by Crippen LogP contribution is 2.21. The van der Waals surface area contributed by atoms with Gasteiger partial charge in [-0.1, -0.05) is 13.8 Å². The molecular weight excluding hydrogens is 346 g/mol. The second-order valence-corrected chi connectivity index (χ2v) is 7.65. The Balaban J connectivity index is 1.65. The number of imidazole rings is 1. The molecule has 0 spiro atoms. The van der Waals surface area contributed by atoms with Crippen LogP contribution < -0.4 is 10.6 Å². The highest BCUT2D eigenvalue weighted by atomic mass is 16.5. The minimum atomic E-state index is -0.200. The molecule has 0 aromatic carbocycles. The Morgan fingerprint density at radius 3 is 2.63 bits per heavy atom. The molecule has 2 aliphatic heterocycles. The van der Waals surface area contributed by atoms with Crippen LogP contribution in [0.4, 0.5) is 0 Å². The summed E-state index contributed by atoms with van der Waals surface area (Å²) in [7, 11) is 0. The number of aromatic nitrogens is 2. The molecule has 1 aromatic heterocycles. The van der Waals surface area contributed by atoms with Gasteiger partial charge in [0.2, 0.25) is 0 Å². The van der Waals surface area contributed by atoms with Crippen molar-refractivity contribution in [2.24, 2.45) is 5.92 Å². The predicted octanol–water partition coefficient (Wildman–Crippen LogP) is 0.667. The molecule has 0 unspecified atom stereocenters. The lowest BCUT2D eigenvalue weighted by molar-refractivity contribution is 0.0383. The van der Waals surface area contributed by atoms with Crippen molar-refractivity contribution in [1.29, 1.82) is 0 Å². The molecule has 27 heavy (non-hydrogen) atoms. The highest BCUT2D eigenvalue weighted by molar-refractivity contribution is 5.97. The first kappa shape index (κ1) is 19.8. The molecule has 0 bridgehead atoms. The topological polar surface area (TPSA) is 88.5 Å². The lowest BCUT2D eigenvalue weighted by Crippen LogP contribution is -2.41. The van der Waals surface area contributed by atoms with Gasteiger partial charge in [-0.05, 0) is 25.2 Å². The van der Waals surface area contributed by atoms with Gasteiger partial charge in [-0.2, -0.15) is 0 Å². The van der Waals surface area contributed by atoms with Crippen molar-refractivity contribution in [3.8, 4) is 0 Å². The molecule has 3 rings (SSSR count). The number of carbonyl (C=O) groups excluding carboxylic acids is 2. The van der Waals surface area contributed by atoms with Crippen LogP contribution in [0.1, 0.15) is 53.5 Å². The van der Waals surface area contributed by atoms with E-state index in [9.17, 15) is 9.59 Å². The quantitative estimate of drug-likeness (QED) is 0.729. The Morgan fingerprint density at radius 2 is 1.89 bits per heavy atom. The third-order valence-corrected chi connectivity index (χ3v) is 5.02. The van der Waals surface area contributed by atoms with Gasteiger partial charge in [0.05, 0.1) is 18.9 Å². The SMILES string of the molecule is CC(C)CNC(=O)c1nc(C(=O)NCCN2CCOCC2)n2c1CCCC2. The minimum Gasteiger partial charge on any atom is -0.379 e. The van der Waals surface area contributed by atoms with Crippen LogP contribution >= 0.6 is 0 Å². The first-order valence-electron chi connectivity index (χ1n) is 10.0. The van der Waals surface area contributed by atoms with Gasteiger partial charge in [0.25, 0.3) is 11.8 Å². The van der Waals surface area contributed by atoms with E-state index in [0.717, 1.165) is 64.3 Å². The van der Waals surface area contributed by atoms with Crippen LogP contribution in [0.3, 0.4) is 0 Å². The van der Waals surface area contributed by atoms with E-state index in [1.165, 1.54) is 0 Å². The second-order valence-electron chi connectivity index (χ2n) is 7.65. The smallest absolute Gasteiger partial charge is 0.287 e. The number of morpholine rings is 1. The summed E-state index contributed by atoms with van der Waals surface area (Å²) in [5.41, 5.74) is 1.30. The molecule has 2 N–H and O–H groups in total. The fraction of sp³-hybridized carbons (Fsp3) is 0.737. The Morgan fingerprint density at radius 1 is 1.11 bits per heavy atom. The molecular formula is C19H31N5O3. The third kappa shape index (κ3) is 5.07. The molecule has 1 saturated heterocycles. The summed E-state index contributed by atoms with van der Waals surface area (Å²) in [6.07, 6.45) is 2.82. The van der Waals surface area contributed by atoms with Gasteiger partial charge in [-0.3, -0.25) is 14.5 Å². The van der Waals surface area contributed by atoms with Gasteiger partial charge in [-0.25, -0.2) is 4.98 Å². The molecule has 2 aliphatic rings. The number of ether oxygens (including phenoxy) is 1. The highest BCUT2D eigenvalue weighted by Gasteiger charge is 2.27. The first-order valence-corrected chi connectivity index (χ1v) is 10.0. The van der Waals surface area contributed by atoms with E-state index in [4.69, 9.17) is 4.74 Å². The van der Waals surface area contributed by atoms with Gasteiger partial charge in [0.1, 0.15) is 5.69 Å². The normalized spacial score (nSPS) is 17.6. The summed E-state index contributed by atoms with van der Waals surface area (Å²) in [4.78, 5) is 31.9. The minimum absolute atomic E-state index is 0.179. The molecule has 0 saturated carbocycles. The van der Waals surface area contributed by atoms with Crippen molar-refractivity contribution in [2.75, 3.05) is 45.9 Å².